The van der Waals surface area contributed by atoms with Crippen LogP contribution in [0.15, 0.2) is 53.7 Å². The van der Waals surface area contributed by atoms with Gasteiger partial charge in [0.2, 0.25) is 5.95 Å². The number of nitrogens with one attached hydrogen (secondary N) is 1. The Morgan fingerprint density at radius 1 is 1.12 bits per heavy atom. The topological polar surface area (TPSA) is 76.9 Å². The maximum absolute atomic E-state index is 13.3. The van der Waals surface area contributed by atoms with Crippen molar-refractivity contribution in [2.75, 3.05) is 4.72 Å². The first-order valence-corrected chi connectivity index (χ1v) is 9.20. The second-order valence-corrected chi connectivity index (χ2v) is 7.51. The van der Waals surface area contributed by atoms with E-state index in [0.29, 0.717) is 6.54 Å². The molecule has 10 heteroatoms. The van der Waals surface area contributed by atoms with E-state index in [-0.39, 0.29) is 16.0 Å². The van der Waals surface area contributed by atoms with Gasteiger partial charge in [-0.05, 0) is 17.7 Å². The molecule has 0 spiro atoms. The molecule has 2 aromatic carbocycles. The van der Waals surface area contributed by atoms with Crippen LogP contribution in [0.3, 0.4) is 0 Å². The van der Waals surface area contributed by atoms with Crippen LogP contribution in [-0.4, -0.2) is 23.2 Å². The van der Waals surface area contributed by atoms with E-state index in [1.165, 1.54) is 10.9 Å². The lowest BCUT2D eigenvalue weighted by atomic mass is 10.2. The lowest BCUT2D eigenvalue weighted by Gasteiger charge is -2.12. The van der Waals surface area contributed by atoms with E-state index in [9.17, 15) is 12.8 Å². The summed E-state index contributed by atoms with van der Waals surface area (Å²) in [6, 6.07) is 11.1. The molecule has 1 N–H and O–H groups in total. The molecule has 0 atom stereocenters. The van der Waals surface area contributed by atoms with Crippen LogP contribution in [0.25, 0.3) is 0 Å². The van der Waals surface area contributed by atoms with Crippen molar-refractivity contribution in [3.8, 4) is 0 Å². The summed E-state index contributed by atoms with van der Waals surface area (Å²) >= 11 is 11.7. The van der Waals surface area contributed by atoms with Crippen LogP contribution in [0.5, 0.6) is 0 Å². The molecule has 1 heterocycles. The standard InChI is InChI=1S/C15H11Cl2FN4O2S/c16-12-6-11(18)7-13(17)14(12)25(23,24)21-15-20-19-9-22(15)8-10-4-2-1-3-5-10/h1-7,9H,8H2,(H,20,21). The molecule has 25 heavy (non-hydrogen) atoms. The maximum Gasteiger partial charge on any atom is 0.267 e. The van der Waals surface area contributed by atoms with E-state index in [1.807, 2.05) is 30.3 Å². The largest absolute Gasteiger partial charge is 0.295 e. The summed E-state index contributed by atoms with van der Waals surface area (Å²) in [5, 5.41) is 6.82. The molecular formula is C15H11Cl2FN4O2S. The molecular weight excluding hydrogens is 390 g/mol. The number of rotatable bonds is 5. The summed E-state index contributed by atoms with van der Waals surface area (Å²) in [6.07, 6.45) is 1.39. The highest BCUT2D eigenvalue weighted by Crippen LogP contribution is 2.31. The molecule has 0 aliphatic carbocycles. The number of aromatic nitrogens is 3. The van der Waals surface area contributed by atoms with Crippen LogP contribution in [-0.2, 0) is 16.6 Å². The summed E-state index contributed by atoms with van der Waals surface area (Å²) in [6.45, 7) is 0.358. The predicted molar refractivity (Wildman–Crippen MR) is 92.8 cm³/mol. The number of sulfonamides is 1. The van der Waals surface area contributed by atoms with Gasteiger partial charge in [0.1, 0.15) is 17.0 Å². The van der Waals surface area contributed by atoms with Gasteiger partial charge in [0, 0.05) is 0 Å². The summed E-state index contributed by atoms with van der Waals surface area (Å²) in [5.41, 5.74) is 0.931. The predicted octanol–water partition coefficient (Wildman–Crippen LogP) is 3.57. The first-order chi connectivity index (χ1) is 11.9. The summed E-state index contributed by atoms with van der Waals surface area (Å²) < 4.78 is 42.2. The Morgan fingerprint density at radius 3 is 2.40 bits per heavy atom. The first-order valence-electron chi connectivity index (χ1n) is 6.96. The van der Waals surface area contributed by atoms with Crippen LogP contribution >= 0.6 is 23.2 Å². The average molecular weight is 401 g/mol. The van der Waals surface area contributed by atoms with Gasteiger partial charge < -0.3 is 0 Å². The van der Waals surface area contributed by atoms with Crippen LogP contribution in [0.4, 0.5) is 10.3 Å². The van der Waals surface area contributed by atoms with Gasteiger partial charge in [0.15, 0.2) is 0 Å². The molecule has 3 rings (SSSR count). The van der Waals surface area contributed by atoms with Crippen molar-refractivity contribution in [1.29, 1.82) is 0 Å². The first kappa shape index (κ1) is 17.7. The van der Waals surface area contributed by atoms with Gasteiger partial charge in [-0.3, -0.25) is 4.57 Å². The fourth-order valence-corrected chi connectivity index (χ4v) is 4.39. The van der Waals surface area contributed by atoms with Crippen LogP contribution in [0, 0.1) is 5.82 Å². The minimum absolute atomic E-state index is 0.0136. The zero-order valence-electron chi connectivity index (χ0n) is 12.5. The number of benzene rings is 2. The number of anilines is 1. The van der Waals surface area contributed by atoms with Gasteiger partial charge in [-0.25, -0.2) is 17.5 Å². The number of halogens is 3. The zero-order valence-corrected chi connectivity index (χ0v) is 14.9. The Kier molecular flexibility index (Phi) is 4.94. The fraction of sp³-hybridized carbons (Fsp3) is 0.0667. The van der Waals surface area contributed by atoms with Gasteiger partial charge in [-0.15, -0.1) is 10.2 Å². The van der Waals surface area contributed by atoms with Crippen LogP contribution in [0.2, 0.25) is 10.0 Å². The second-order valence-electron chi connectivity index (χ2n) is 5.07. The Bertz CT molecular complexity index is 986. The van der Waals surface area contributed by atoms with Crippen molar-refractivity contribution in [3.05, 3.63) is 70.2 Å². The SMILES string of the molecule is O=S(=O)(Nc1nncn1Cc1ccccc1)c1c(Cl)cc(F)cc1Cl. The van der Waals surface area contributed by atoms with E-state index < -0.39 is 20.7 Å². The highest BCUT2D eigenvalue weighted by molar-refractivity contribution is 7.93. The van der Waals surface area contributed by atoms with Gasteiger partial charge >= 0.3 is 0 Å². The number of hydrogen-bond donors (Lipinski definition) is 1. The van der Waals surface area contributed by atoms with Gasteiger partial charge in [0.05, 0.1) is 16.6 Å². The quantitative estimate of drug-likeness (QED) is 0.709. The molecule has 0 amide bonds. The second kappa shape index (κ2) is 6.99. The van der Waals surface area contributed by atoms with E-state index in [2.05, 4.69) is 14.9 Å². The van der Waals surface area contributed by atoms with E-state index >= 15 is 0 Å². The Morgan fingerprint density at radius 2 is 1.76 bits per heavy atom. The van der Waals surface area contributed by atoms with Gasteiger partial charge in [-0.2, -0.15) is 0 Å². The molecule has 0 bridgehead atoms. The summed E-state index contributed by atoms with van der Waals surface area (Å²) in [4.78, 5) is -0.425. The molecule has 0 unspecified atom stereocenters. The molecule has 0 saturated heterocycles. The average Bonchev–Trinajstić information content (AvgIpc) is 2.93. The monoisotopic (exact) mass is 400 g/mol. The van der Waals surface area contributed by atoms with Crippen molar-refractivity contribution >= 4 is 39.2 Å². The van der Waals surface area contributed by atoms with Crippen LogP contribution < -0.4 is 4.72 Å². The summed E-state index contributed by atoms with van der Waals surface area (Å²) in [5.74, 6) is -0.749. The van der Waals surface area contributed by atoms with E-state index in [1.54, 1.807) is 0 Å². The molecule has 3 aromatic rings. The number of hydrogen-bond acceptors (Lipinski definition) is 4. The van der Waals surface area contributed by atoms with Gasteiger partial charge in [0.25, 0.3) is 10.0 Å². The molecule has 0 saturated carbocycles. The minimum atomic E-state index is -4.18. The van der Waals surface area contributed by atoms with Crippen molar-refractivity contribution < 1.29 is 12.8 Å². The molecule has 130 valence electrons. The lowest BCUT2D eigenvalue weighted by Crippen LogP contribution is -2.18. The maximum atomic E-state index is 13.3. The molecule has 0 fully saturated rings. The van der Waals surface area contributed by atoms with E-state index in [0.717, 1.165) is 17.7 Å². The molecule has 1 aromatic heterocycles. The number of nitrogens with zero attached hydrogens (tertiary/aromatic N) is 3. The van der Waals surface area contributed by atoms with Crippen molar-refractivity contribution in [3.63, 3.8) is 0 Å². The lowest BCUT2D eigenvalue weighted by molar-refractivity contribution is 0.599. The van der Waals surface area contributed by atoms with Crippen molar-refractivity contribution in [2.45, 2.75) is 11.4 Å². The van der Waals surface area contributed by atoms with Crippen molar-refractivity contribution in [1.82, 2.24) is 14.8 Å². The zero-order chi connectivity index (χ0) is 18.0. The minimum Gasteiger partial charge on any atom is -0.295 e. The highest BCUT2D eigenvalue weighted by Gasteiger charge is 2.24. The Balaban J connectivity index is 1.92. The van der Waals surface area contributed by atoms with Gasteiger partial charge in [-0.1, -0.05) is 53.5 Å². The highest BCUT2D eigenvalue weighted by atomic mass is 35.5. The fourth-order valence-electron chi connectivity index (χ4n) is 2.19. The third kappa shape index (κ3) is 3.92. The Labute approximate surface area is 153 Å². The van der Waals surface area contributed by atoms with Crippen LogP contribution in [0.1, 0.15) is 5.56 Å². The third-order valence-electron chi connectivity index (χ3n) is 3.27. The molecule has 0 aliphatic heterocycles. The molecule has 0 radical (unpaired) electrons. The summed E-state index contributed by atoms with van der Waals surface area (Å²) in [7, 11) is -4.18. The Hall–Kier alpha value is -2.16. The molecule has 6 nitrogen and oxygen atoms in total. The smallest absolute Gasteiger partial charge is 0.267 e. The third-order valence-corrected chi connectivity index (χ3v) is 5.52. The molecule has 0 aliphatic rings. The van der Waals surface area contributed by atoms with E-state index in [4.69, 9.17) is 23.2 Å². The normalized spacial score (nSPS) is 11.5. The van der Waals surface area contributed by atoms with Crippen molar-refractivity contribution in [2.24, 2.45) is 0 Å².